The van der Waals surface area contributed by atoms with Crippen LogP contribution in [0.3, 0.4) is 0 Å². The summed E-state index contributed by atoms with van der Waals surface area (Å²) in [5.41, 5.74) is -0.133. The maximum absolute atomic E-state index is 13.1. The summed E-state index contributed by atoms with van der Waals surface area (Å²) < 4.78 is 43.8. The number of allylic oxidation sites excluding steroid dienone is 1. The van der Waals surface area contributed by atoms with Gasteiger partial charge in [-0.1, -0.05) is 6.58 Å². The Bertz CT molecular complexity index is 449. The summed E-state index contributed by atoms with van der Waals surface area (Å²) in [6.45, 7) is 5.29. The predicted octanol–water partition coefficient (Wildman–Crippen LogP) is 2.65. The van der Waals surface area contributed by atoms with Crippen LogP contribution < -0.4 is 0 Å². The van der Waals surface area contributed by atoms with Crippen molar-refractivity contribution in [3.63, 3.8) is 0 Å². The van der Waals surface area contributed by atoms with E-state index < -0.39 is 17.7 Å². The van der Waals surface area contributed by atoms with Crippen LogP contribution in [0.25, 0.3) is 0 Å². The van der Waals surface area contributed by atoms with Gasteiger partial charge in [-0.15, -0.1) is 0 Å². The molecule has 2 aliphatic rings. The summed E-state index contributed by atoms with van der Waals surface area (Å²) in [5, 5.41) is 0. The summed E-state index contributed by atoms with van der Waals surface area (Å²) in [6.07, 6.45) is -3.82. The molecule has 1 aliphatic heterocycles. The molecule has 0 amide bonds. The summed E-state index contributed by atoms with van der Waals surface area (Å²) in [6, 6.07) is -0.376. The standard InChI is InChI=1S/C13H16F3NO2/c1-4-19-12(18)11(13(14,15)16)9-5-8-6-10(9)17(3)7(8)2/h8,10H,2,4-6H2,1,3H3/b11-9+. The summed E-state index contributed by atoms with van der Waals surface area (Å²) in [7, 11) is 1.71. The number of likely N-dealkylation sites (N-methyl/N-ethyl adjacent to an activating group) is 1. The number of likely N-dealkylation sites (tertiary alicyclic amines) is 1. The zero-order valence-electron chi connectivity index (χ0n) is 10.9. The molecule has 2 unspecified atom stereocenters. The minimum Gasteiger partial charge on any atom is -0.462 e. The lowest BCUT2D eigenvalue weighted by Crippen LogP contribution is -2.33. The molecule has 3 nitrogen and oxygen atoms in total. The number of halogens is 3. The molecular weight excluding hydrogens is 259 g/mol. The number of esters is 1. The van der Waals surface area contributed by atoms with Crippen molar-refractivity contribution in [1.29, 1.82) is 0 Å². The molecule has 2 rings (SSSR count). The lowest BCUT2D eigenvalue weighted by Gasteiger charge is -2.30. The summed E-state index contributed by atoms with van der Waals surface area (Å²) >= 11 is 0. The Morgan fingerprint density at radius 3 is 2.58 bits per heavy atom. The third kappa shape index (κ3) is 2.24. The van der Waals surface area contributed by atoms with Crippen LogP contribution in [0.15, 0.2) is 23.4 Å². The van der Waals surface area contributed by atoms with Gasteiger partial charge >= 0.3 is 12.1 Å². The number of alkyl halides is 3. The van der Waals surface area contributed by atoms with E-state index in [1.165, 1.54) is 6.92 Å². The van der Waals surface area contributed by atoms with Gasteiger partial charge in [-0.3, -0.25) is 0 Å². The van der Waals surface area contributed by atoms with Crippen molar-refractivity contribution in [2.75, 3.05) is 13.7 Å². The highest BCUT2D eigenvalue weighted by Crippen LogP contribution is 2.49. The molecule has 0 aromatic carbocycles. The van der Waals surface area contributed by atoms with Crippen LogP contribution in [-0.4, -0.2) is 36.7 Å². The van der Waals surface area contributed by atoms with Crippen LogP contribution in [0.5, 0.6) is 0 Å². The van der Waals surface area contributed by atoms with E-state index in [-0.39, 0.29) is 30.6 Å². The van der Waals surface area contributed by atoms with Crippen LogP contribution in [0.2, 0.25) is 0 Å². The molecule has 0 N–H and O–H groups in total. The lowest BCUT2D eigenvalue weighted by molar-refractivity contribution is -0.150. The minimum atomic E-state index is -4.67. The molecular formula is C13H16F3NO2. The van der Waals surface area contributed by atoms with E-state index in [1.807, 2.05) is 0 Å². The van der Waals surface area contributed by atoms with Crippen molar-refractivity contribution >= 4 is 5.97 Å². The van der Waals surface area contributed by atoms with Gasteiger partial charge in [-0.25, -0.2) is 4.79 Å². The highest BCUT2D eigenvalue weighted by Gasteiger charge is 2.50. The number of carbonyl (C=O) groups excluding carboxylic acids is 1. The van der Waals surface area contributed by atoms with Gasteiger partial charge in [0.2, 0.25) is 0 Å². The molecule has 2 fully saturated rings. The van der Waals surface area contributed by atoms with Gasteiger partial charge in [0, 0.05) is 18.7 Å². The molecule has 0 radical (unpaired) electrons. The van der Waals surface area contributed by atoms with E-state index in [2.05, 4.69) is 11.3 Å². The molecule has 0 spiro atoms. The Morgan fingerprint density at radius 2 is 2.16 bits per heavy atom. The van der Waals surface area contributed by atoms with Crippen molar-refractivity contribution in [2.45, 2.75) is 32.0 Å². The van der Waals surface area contributed by atoms with Gasteiger partial charge in [0.1, 0.15) is 5.57 Å². The Kier molecular flexibility index (Phi) is 3.36. The summed E-state index contributed by atoms with van der Waals surface area (Å²) in [4.78, 5) is 13.3. The van der Waals surface area contributed by atoms with Gasteiger partial charge in [0.05, 0.1) is 12.6 Å². The first-order valence-corrected chi connectivity index (χ1v) is 6.16. The largest absolute Gasteiger partial charge is 0.462 e. The number of hydrogen-bond donors (Lipinski definition) is 0. The molecule has 0 aromatic rings. The number of rotatable bonds is 2. The van der Waals surface area contributed by atoms with Gasteiger partial charge < -0.3 is 9.64 Å². The van der Waals surface area contributed by atoms with E-state index in [9.17, 15) is 18.0 Å². The maximum Gasteiger partial charge on any atom is 0.423 e. The van der Waals surface area contributed by atoms with Gasteiger partial charge in [-0.05, 0) is 25.3 Å². The molecule has 19 heavy (non-hydrogen) atoms. The van der Waals surface area contributed by atoms with Crippen molar-refractivity contribution in [1.82, 2.24) is 4.90 Å². The van der Waals surface area contributed by atoms with Crippen LogP contribution in [0, 0.1) is 5.92 Å². The van der Waals surface area contributed by atoms with Crippen LogP contribution in [-0.2, 0) is 9.53 Å². The second-order valence-electron chi connectivity index (χ2n) is 4.87. The maximum atomic E-state index is 13.1. The topological polar surface area (TPSA) is 29.5 Å². The Balaban J connectivity index is 2.42. The van der Waals surface area contributed by atoms with E-state index in [1.54, 1.807) is 11.9 Å². The molecule has 0 aromatic heterocycles. The highest BCUT2D eigenvalue weighted by atomic mass is 19.4. The van der Waals surface area contributed by atoms with Crippen LogP contribution in [0.4, 0.5) is 13.2 Å². The van der Waals surface area contributed by atoms with Crippen molar-refractivity contribution in [3.8, 4) is 0 Å². The van der Waals surface area contributed by atoms with Gasteiger partial charge in [-0.2, -0.15) is 13.2 Å². The summed E-state index contributed by atoms with van der Waals surface area (Å²) in [5.74, 6) is -1.26. The van der Waals surface area contributed by atoms with Crippen molar-refractivity contribution < 1.29 is 22.7 Å². The second kappa shape index (κ2) is 4.58. The molecule has 106 valence electrons. The number of piperidine rings is 1. The number of nitrogens with zero attached hydrogens (tertiary/aromatic N) is 1. The molecule has 2 bridgehead atoms. The smallest absolute Gasteiger partial charge is 0.423 e. The van der Waals surface area contributed by atoms with Crippen LogP contribution in [0.1, 0.15) is 19.8 Å². The minimum absolute atomic E-state index is 0.0109. The lowest BCUT2D eigenvalue weighted by atomic mass is 9.97. The Morgan fingerprint density at radius 1 is 1.53 bits per heavy atom. The van der Waals surface area contributed by atoms with Crippen molar-refractivity contribution in [3.05, 3.63) is 23.4 Å². The third-order valence-electron chi connectivity index (χ3n) is 3.85. The predicted molar refractivity (Wildman–Crippen MR) is 63.1 cm³/mol. The molecule has 6 heteroatoms. The number of carbonyl (C=O) groups is 1. The monoisotopic (exact) mass is 275 g/mol. The quantitative estimate of drug-likeness (QED) is 0.573. The molecule has 1 heterocycles. The SMILES string of the molecule is C=C1C2C/C(=C(/C(=O)OCC)C(F)(F)F)C(C2)N1C. The Labute approximate surface area is 109 Å². The number of hydrogen-bond acceptors (Lipinski definition) is 3. The average molecular weight is 275 g/mol. The Hall–Kier alpha value is -1.46. The average Bonchev–Trinajstić information content (AvgIpc) is 2.79. The van der Waals surface area contributed by atoms with Gasteiger partial charge in [0.15, 0.2) is 0 Å². The number of fused-ring (bicyclic) bond motifs is 2. The number of ether oxygens (including phenoxy) is 1. The molecule has 1 saturated heterocycles. The van der Waals surface area contributed by atoms with Gasteiger partial charge in [0.25, 0.3) is 0 Å². The molecule has 1 saturated carbocycles. The first-order chi connectivity index (χ1) is 8.77. The zero-order valence-corrected chi connectivity index (χ0v) is 10.9. The third-order valence-corrected chi connectivity index (χ3v) is 3.85. The van der Waals surface area contributed by atoms with Crippen molar-refractivity contribution in [2.24, 2.45) is 5.92 Å². The molecule has 2 atom stereocenters. The van der Waals surface area contributed by atoms with E-state index in [4.69, 9.17) is 0 Å². The van der Waals surface area contributed by atoms with E-state index in [0.29, 0.717) is 6.42 Å². The van der Waals surface area contributed by atoms with Crippen LogP contribution >= 0.6 is 0 Å². The van der Waals surface area contributed by atoms with E-state index in [0.717, 1.165) is 5.70 Å². The first kappa shape index (κ1) is 14.0. The fraction of sp³-hybridized carbons (Fsp3) is 0.615. The fourth-order valence-electron chi connectivity index (χ4n) is 2.93. The fourth-order valence-corrected chi connectivity index (χ4v) is 2.93. The highest BCUT2D eigenvalue weighted by molar-refractivity contribution is 5.91. The zero-order chi connectivity index (χ0) is 14.4. The molecule has 1 aliphatic carbocycles. The normalized spacial score (nSPS) is 28.9. The second-order valence-corrected chi connectivity index (χ2v) is 4.87. The van der Waals surface area contributed by atoms with E-state index >= 15 is 0 Å². The first-order valence-electron chi connectivity index (χ1n) is 6.16.